The molecule has 0 spiro atoms. The molecule has 0 N–H and O–H groups in total. The van der Waals surface area contributed by atoms with Gasteiger partial charge in [0.2, 0.25) is 0 Å². The van der Waals surface area contributed by atoms with Crippen LogP contribution in [0, 0.1) is 0 Å². The predicted molar refractivity (Wildman–Crippen MR) is 215 cm³/mol. The second-order valence-electron chi connectivity index (χ2n) is 12.7. The SMILES string of the molecule is c1ccc(-n2c3ccccc3c3cc([Si](c4ccccc4)(c4ccccc4)c4ccc(N(c5cccnc5)c5cccnc5)cc4)ccc32)cc1. The van der Waals surface area contributed by atoms with E-state index in [4.69, 9.17) is 0 Å². The average Bonchev–Trinajstić information content (AvgIpc) is 3.55. The molecule has 9 aromatic rings. The molecule has 0 bridgehead atoms. The van der Waals surface area contributed by atoms with Gasteiger partial charge >= 0.3 is 0 Å². The van der Waals surface area contributed by atoms with Gasteiger partial charge in [-0.25, -0.2) is 0 Å². The molecule has 51 heavy (non-hydrogen) atoms. The van der Waals surface area contributed by atoms with Crippen LogP contribution in [0.3, 0.4) is 0 Å². The molecule has 0 unspecified atom stereocenters. The highest BCUT2D eigenvalue weighted by atomic mass is 28.3. The summed E-state index contributed by atoms with van der Waals surface area (Å²) in [5.74, 6) is 0. The van der Waals surface area contributed by atoms with Crippen molar-refractivity contribution in [1.29, 1.82) is 0 Å². The van der Waals surface area contributed by atoms with Crippen molar-refractivity contribution in [3.8, 4) is 5.69 Å². The number of para-hydroxylation sites is 2. The number of aromatic nitrogens is 3. The van der Waals surface area contributed by atoms with Crippen molar-refractivity contribution in [2.75, 3.05) is 4.90 Å². The lowest BCUT2D eigenvalue weighted by Crippen LogP contribution is -2.74. The number of pyridine rings is 2. The van der Waals surface area contributed by atoms with Gasteiger partial charge in [0.1, 0.15) is 0 Å². The first-order valence-corrected chi connectivity index (χ1v) is 19.2. The Labute approximate surface area is 298 Å². The molecular weight excluding hydrogens is 637 g/mol. The van der Waals surface area contributed by atoms with Crippen molar-refractivity contribution >= 4 is 67.7 Å². The molecule has 6 aromatic carbocycles. The van der Waals surface area contributed by atoms with Crippen LogP contribution in [0.5, 0.6) is 0 Å². The summed E-state index contributed by atoms with van der Waals surface area (Å²) in [7, 11) is -2.84. The maximum absolute atomic E-state index is 4.44. The summed E-state index contributed by atoms with van der Waals surface area (Å²) in [6.07, 6.45) is 7.41. The van der Waals surface area contributed by atoms with E-state index in [2.05, 4.69) is 189 Å². The Morgan fingerprint density at radius 1 is 0.392 bits per heavy atom. The standard InChI is InChI=1S/C46H34N4Si/c1-4-14-35(15-5-1)50-45-23-11-10-22-43(45)44-32-42(28-29-46(44)50)51(39-18-6-2-7-19-39,40-20-8-3-9-21-40)41-26-24-36(25-27-41)49(37-16-12-30-47-33-37)38-17-13-31-48-34-38/h1-34H. The van der Waals surface area contributed by atoms with Gasteiger partial charge in [0.05, 0.1) is 34.8 Å². The van der Waals surface area contributed by atoms with Gasteiger partial charge in [-0.05, 0) is 81.4 Å². The van der Waals surface area contributed by atoms with E-state index in [-0.39, 0.29) is 0 Å². The van der Waals surface area contributed by atoms with Crippen LogP contribution < -0.4 is 25.6 Å². The summed E-state index contributed by atoms with van der Waals surface area (Å²) in [6.45, 7) is 0. The summed E-state index contributed by atoms with van der Waals surface area (Å²) in [6, 6.07) is 66.2. The fourth-order valence-corrected chi connectivity index (χ4v) is 12.5. The molecule has 0 aliphatic heterocycles. The summed E-state index contributed by atoms with van der Waals surface area (Å²) in [4.78, 5) is 11.1. The first-order chi connectivity index (χ1) is 25.3. The minimum atomic E-state index is -2.84. The largest absolute Gasteiger partial charge is 0.309 e. The van der Waals surface area contributed by atoms with Crippen LogP contribution in [0.1, 0.15) is 0 Å². The topological polar surface area (TPSA) is 34.0 Å². The third-order valence-corrected chi connectivity index (χ3v) is 14.7. The van der Waals surface area contributed by atoms with E-state index in [0.29, 0.717) is 0 Å². The van der Waals surface area contributed by atoms with Crippen LogP contribution in [0.4, 0.5) is 17.1 Å². The second-order valence-corrected chi connectivity index (χ2v) is 16.5. The average molecular weight is 671 g/mol. The molecule has 0 atom stereocenters. The van der Waals surface area contributed by atoms with Crippen molar-refractivity contribution in [3.63, 3.8) is 0 Å². The molecule has 4 nitrogen and oxygen atoms in total. The zero-order valence-electron chi connectivity index (χ0n) is 27.9. The van der Waals surface area contributed by atoms with Crippen molar-refractivity contribution < 1.29 is 0 Å². The summed E-state index contributed by atoms with van der Waals surface area (Å²) in [5, 5.41) is 7.84. The van der Waals surface area contributed by atoms with Gasteiger partial charge in [-0.1, -0.05) is 121 Å². The highest BCUT2D eigenvalue weighted by molar-refractivity contribution is 7.20. The Bertz CT molecular complexity index is 2480. The normalized spacial score (nSPS) is 11.5. The van der Waals surface area contributed by atoms with Crippen LogP contribution in [0.15, 0.2) is 207 Å². The van der Waals surface area contributed by atoms with E-state index in [1.165, 1.54) is 42.6 Å². The highest BCUT2D eigenvalue weighted by Gasteiger charge is 2.41. The van der Waals surface area contributed by atoms with Gasteiger partial charge in [-0.2, -0.15) is 0 Å². The summed E-state index contributed by atoms with van der Waals surface area (Å²) < 4.78 is 2.39. The molecule has 0 amide bonds. The first-order valence-electron chi connectivity index (χ1n) is 17.2. The minimum Gasteiger partial charge on any atom is -0.309 e. The third kappa shape index (κ3) is 5.23. The molecule has 0 aliphatic rings. The smallest absolute Gasteiger partial charge is 0.179 e. The van der Waals surface area contributed by atoms with Crippen LogP contribution in [0.25, 0.3) is 27.5 Å². The third-order valence-electron chi connectivity index (χ3n) is 9.90. The van der Waals surface area contributed by atoms with E-state index in [1.54, 1.807) is 0 Å². The second kappa shape index (κ2) is 13.0. The number of fused-ring (bicyclic) bond motifs is 3. The van der Waals surface area contributed by atoms with E-state index >= 15 is 0 Å². The lowest BCUT2D eigenvalue weighted by molar-refractivity contribution is 1.18. The molecule has 0 saturated carbocycles. The monoisotopic (exact) mass is 670 g/mol. The lowest BCUT2D eigenvalue weighted by atomic mass is 10.1. The van der Waals surface area contributed by atoms with Crippen molar-refractivity contribution in [2.24, 2.45) is 0 Å². The fourth-order valence-electron chi connectivity index (χ4n) is 7.72. The van der Waals surface area contributed by atoms with Gasteiger partial charge in [-0.15, -0.1) is 0 Å². The molecule has 0 fully saturated rings. The van der Waals surface area contributed by atoms with E-state index in [1.807, 2.05) is 36.9 Å². The van der Waals surface area contributed by atoms with Crippen LogP contribution >= 0.6 is 0 Å². The Hall–Kier alpha value is -6.56. The highest BCUT2D eigenvalue weighted by Crippen LogP contribution is 2.34. The van der Waals surface area contributed by atoms with E-state index in [0.717, 1.165) is 22.7 Å². The minimum absolute atomic E-state index is 0.980. The number of hydrogen-bond donors (Lipinski definition) is 0. The Morgan fingerprint density at radius 2 is 0.902 bits per heavy atom. The molecule has 3 aromatic heterocycles. The molecule has 5 heteroatoms. The molecule has 0 saturated heterocycles. The van der Waals surface area contributed by atoms with Gasteiger partial charge in [-0.3, -0.25) is 9.97 Å². The van der Waals surface area contributed by atoms with Crippen molar-refractivity contribution in [2.45, 2.75) is 0 Å². The zero-order chi connectivity index (χ0) is 34.0. The number of nitrogens with zero attached hydrogens (tertiary/aromatic N) is 4. The van der Waals surface area contributed by atoms with Crippen LogP contribution in [-0.4, -0.2) is 22.6 Å². The molecule has 0 aliphatic carbocycles. The first kappa shape index (κ1) is 30.5. The molecule has 0 radical (unpaired) electrons. The molecule has 3 heterocycles. The molecule has 242 valence electrons. The maximum atomic E-state index is 4.44. The predicted octanol–water partition coefficient (Wildman–Crippen LogP) is 8.42. The Morgan fingerprint density at radius 3 is 1.49 bits per heavy atom. The number of rotatable bonds is 8. The zero-order valence-corrected chi connectivity index (χ0v) is 28.9. The maximum Gasteiger partial charge on any atom is 0.179 e. The summed E-state index contributed by atoms with van der Waals surface area (Å²) in [5.41, 5.74) is 6.58. The van der Waals surface area contributed by atoms with Gasteiger partial charge in [0, 0.05) is 34.5 Å². The Balaban J connectivity index is 1.30. The lowest BCUT2D eigenvalue weighted by Gasteiger charge is -2.35. The van der Waals surface area contributed by atoms with Crippen molar-refractivity contribution in [1.82, 2.24) is 14.5 Å². The van der Waals surface area contributed by atoms with Gasteiger partial charge in [0.15, 0.2) is 8.07 Å². The Kier molecular flexibility index (Phi) is 7.80. The number of anilines is 3. The van der Waals surface area contributed by atoms with Crippen LogP contribution in [-0.2, 0) is 0 Å². The number of benzene rings is 6. The van der Waals surface area contributed by atoms with Gasteiger partial charge in [0.25, 0.3) is 0 Å². The fraction of sp³-hybridized carbons (Fsp3) is 0. The molecule has 9 rings (SSSR count). The quantitative estimate of drug-likeness (QED) is 0.120. The van der Waals surface area contributed by atoms with Crippen LogP contribution in [0.2, 0.25) is 0 Å². The van der Waals surface area contributed by atoms with E-state index < -0.39 is 8.07 Å². The number of hydrogen-bond acceptors (Lipinski definition) is 3. The van der Waals surface area contributed by atoms with Gasteiger partial charge < -0.3 is 9.47 Å². The summed E-state index contributed by atoms with van der Waals surface area (Å²) >= 11 is 0. The van der Waals surface area contributed by atoms with Crippen molar-refractivity contribution in [3.05, 3.63) is 207 Å². The molecular formula is C46H34N4Si. The van der Waals surface area contributed by atoms with E-state index in [9.17, 15) is 0 Å².